The van der Waals surface area contributed by atoms with Crippen molar-refractivity contribution in [3.05, 3.63) is 24.3 Å². The molecule has 0 aliphatic carbocycles. The predicted octanol–water partition coefficient (Wildman–Crippen LogP) is 1.95. The molecule has 1 heterocycles. The van der Waals surface area contributed by atoms with Gasteiger partial charge in [-0.15, -0.1) is 0 Å². The average Bonchev–Trinajstić information content (AvgIpc) is 2.39. The summed E-state index contributed by atoms with van der Waals surface area (Å²) in [7, 11) is 3.93. The van der Waals surface area contributed by atoms with Gasteiger partial charge in [0.05, 0.1) is 0 Å². The second kappa shape index (κ2) is 5.93. The van der Waals surface area contributed by atoms with Crippen LogP contribution in [-0.4, -0.2) is 54.2 Å². The number of nitrogens with zero attached hydrogens (tertiary/aromatic N) is 2. The van der Waals surface area contributed by atoms with E-state index in [2.05, 4.69) is 17.3 Å². The number of hydrogen-bond donors (Lipinski definition) is 2. The number of phenolic OH excluding ortho intramolecular Hbond substituents is 1. The van der Waals surface area contributed by atoms with Gasteiger partial charge >= 0.3 is 6.03 Å². The minimum atomic E-state index is -0.125. The fourth-order valence-electron chi connectivity index (χ4n) is 2.34. The number of phenols is 1. The van der Waals surface area contributed by atoms with Crippen molar-refractivity contribution >= 4 is 11.7 Å². The van der Waals surface area contributed by atoms with E-state index < -0.39 is 0 Å². The molecule has 1 fully saturated rings. The molecule has 0 unspecified atom stereocenters. The first kappa shape index (κ1) is 13.7. The maximum absolute atomic E-state index is 12.1. The lowest BCUT2D eigenvalue weighted by Gasteiger charge is -2.35. The Hall–Kier alpha value is -1.75. The number of amides is 2. The molecule has 0 aromatic heterocycles. The van der Waals surface area contributed by atoms with Gasteiger partial charge in [-0.3, -0.25) is 0 Å². The van der Waals surface area contributed by atoms with E-state index in [-0.39, 0.29) is 17.8 Å². The fourth-order valence-corrected chi connectivity index (χ4v) is 2.34. The Labute approximate surface area is 113 Å². The zero-order valence-electron chi connectivity index (χ0n) is 11.5. The van der Waals surface area contributed by atoms with E-state index in [1.54, 1.807) is 29.2 Å². The number of nitrogens with one attached hydrogen (secondary N) is 1. The van der Waals surface area contributed by atoms with Crippen LogP contribution in [0.3, 0.4) is 0 Å². The maximum atomic E-state index is 12.1. The zero-order valence-corrected chi connectivity index (χ0v) is 11.5. The van der Waals surface area contributed by atoms with Crippen LogP contribution in [0.2, 0.25) is 0 Å². The van der Waals surface area contributed by atoms with Crippen molar-refractivity contribution in [2.75, 3.05) is 32.5 Å². The number of aromatic hydroxyl groups is 1. The molecular formula is C14H21N3O2. The molecule has 0 spiro atoms. The minimum absolute atomic E-state index is 0.125. The van der Waals surface area contributed by atoms with E-state index >= 15 is 0 Å². The van der Waals surface area contributed by atoms with Gasteiger partial charge in [-0.1, -0.05) is 6.07 Å². The lowest BCUT2D eigenvalue weighted by Crippen LogP contribution is -2.46. The number of carbonyl (C=O) groups is 1. The van der Waals surface area contributed by atoms with Crippen LogP contribution in [0.25, 0.3) is 0 Å². The second-order valence-electron chi connectivity index (χ2n) is 5.13. The van der Waals surface area contributed by atoms with Gasteiger partial charge < -0.3 is 20.2 Å². The third-order valence-corrected chi connectivity index (χ3v) is 3.65. The van der Waals surface area contributed by atoms with Crippen molar-refractivity contribution in [2.24, 2.45) is 0 Å². The summed E-state index contributed by atoms with van der Waals surface area (Å²) in [5.41, 5.74) is 0.616. The highest BCUT2D eigenvalue weighted by molar-refractivity contribution is 5.89. The molecule has 1 saturated heterocycles. The van der Waals surface area contributed by atoms with Crippen LogP contribution >= 0.6 is 0 Å². The largest absolute Gasteiger partial charge is 0.508 e. The highest BCUT2D eigenvalue weighted by Crippen LogP contribution is 2.18. The Morgan fingerprint density at radius 1 is 1.42 bits per heavy atom. The Kier molecular flexibility index (Phi) is 4.27. The molecule has 19 heavy (non-hydrogen) atoms. The summed E-state index contributed by atoms with van der Waals surface area (Å²) in [6.45, 7) is 2.04. The molecule has 104 valence electrons. The third-order valence-electron chi connectivity index (χ3n) is 3.65. The maximum Gasteiger partial charge on any atom is 0.321 e. The molecule has 2 amide bonds. The average molecular weight is 263 g/mol. The van der Waals surface area contributed by atoms with Gasteiger partial charge in [-0.05, 0) is 45.1 Å². The van der Waals surface area contributed by atoms with E-state index in [1.807, 2.05) is 7.05 Å². The highest BCUT2D eigenvalue weighted by atomic mass is 16.3. The Morgan fingerprint density at radius 3 is 2.74 bits per heavy atom. The van der Waals surface area contributed by atoms with E-state index in [0.29, 0.717) is 5.69 Å². The van der Waals surface area contributed by atoms with Gasteiger partial charge in [0.2, 0.25) is 0 Å². The lowest BCUT2D eigenvalue weighted by atomic mass is 10.0. The van der Waals surface area contributed by atoms with Gasteiger partial charge in [0.25, 0.3) is 0 Å². The molecule has 2 rings (SSSR count). The Bertz CT molecular complexity index is 442. The number of piperidine rings is 1. The number of rotatable bonds is 2. The smallest absolute Gasteiger partial charge is 0.321 e. The van der Waals surface area contributed by atoms with Gasteiger partial charge in [-0.2, -0.15) is 0 Å². The summed E-state index contributed by atoms with van der Waals surface area (Å²) in [5, 5.41) is 12.2. The number of anilines is 1. The minimum Gasteiger partial charge on any atom is -0.508 e. The molecular weight excluding hydrogens is 242 g/mol. The summed E-state index contributed by atoms with van der Waals surface area (Å²) >= 11 is 0. The summed E-state index contributed by atoms with van der Waals surface area (Å²) < 4.78 is 0. The number of carbonyl (C=O) groups excluding carboxylic acids is 1. The van der Waals surface area contributed by atoms with Crippen molar-refractivity contribution in [3.63, 3.8) is 0 Å². The summed E-state index contributed by atoms with van der Waals surface area (Å²) in [6.07, 6.45) is 2.00. The molecule has 5 heteroatoms. The third kappa shape index (κ3) is 3.61. The normalized spacial score (nSPS) is 17.2. The van der Waals surface area contributed by atoms with Gasteiger partial charge in [-0.25, -0.2) is 4.79 Å². The molecule has 0 radical (unpaired) electrons. The second-order valence-corrected chi connectivity index (χ2v) is 5.13. The SMILES string of the molecule is CN1CCC(N(C)C(=O)Nc2cccc(O)c2)CC1. The highest BCUT2D eigenvalue weighted by Gasteiger charge is 2.23. The van der Waals surface area contributed by atoms with Crippen molar-refractivity contribution in [3.8, 4) is 5.75 Å². The summed E-state index contributed by atoms with van der Waals surface area (Å²) in [5.74, 6) is 0.153. The van der Waals surface area contributed by atoms with Gasteiger partial charge in [0.15, 0.2) is 0 Å². The van der Waals surface area contributed by atoms with Crippen LogP contribution in [0.5, 0.6) is 5.75 Å². The number of likely N-dealkylation sites (tertiary alicyclic amines) is 1. The molecule has 0 saturated carbocycles. The van der Waals surface area contributed by atoms with E-state index in [9.17, 15) is 9.90 Å². The van der Waals surface area contributed by atoms with Crippen LogP contribution in [-0.2, 0) is 0 Å². The van der Waals surface area contributed by atoms with E-state index in [4.69, 9.17) is 0 Å². The van der Waals surface area contributed by atoms with Crippen LogP contribution in [0.4, 0.5) is 10.5 Å². The number of hydrogen-bond acceptors (Lipinski definition) is 3. The lowest BCUT2D eigenvalue weighted by molar-refractivity contribution is 0.156. The molecule has 2 N–H and O–H groups in total. The molecule has 1 aromatic rings. The van der Waals surface area contributed by atoms with Gasteiger partial charge in [0.1, 0.15) is 5.75 Å². The molecule has 0 bridgehead atoms. The number of benzene rings is 1. The first-order chi connectivity index (χ1) is 9.06. The summed E-state index contributed by atoms with van der Waals surface area (Å²) in [4.78, 5) is 16.2. The first-order valence-electron chi connectivity index (χ1n) is 6.57. The summed E-state index contributed by atoms with van der Waals surface area (Å²) in [6, 6.07) is 6.76. The van der Waals surface area contributed by atoms with Crippen LogP contribution in [0, 0.1) is 0 Å². The van der Waals surface area contributed by atoms with E-state index in [1.165, 1.54) is 0 Å². The fraction of sp³-hybridized carbons (Fsp3) is 0.500. The molecule has 1 aromatic carbocycles. The number of urea groups is 1. The van der Waals surface area contributed by atoms with Gasteiger partial charge in [0, 0.05) is 24.8 Å². The molecule has 5 nitrogen and oxygen atoms in total. The predicted molar refractivity (Wildman–Crippen MR) is 75.4 cm³/mol. The Morgan fingerprint density at radius 2 is 2.11 bits per heavy atom. The quantitative estimate of drug-likeness (QED) is 0.857. The van der Waals surface area contributed by atoms with Crippen LogP contribution in [0.15, 0.2) is 24.3 Å². The molecule has 1 aliphatic rings. The van der Waals surface area contributed by atoms with E-state index in [0.717, 1.165) is 25.9 Å². The zero-order chi connectivity index (χ0) is 13.8. The van der Waals surface area contributed by atoms with Crippen LogP contribution < -0.4 is 5.32 Å². The van der Waals surface area contributed by atoms with Crippen molar-refractivity contribution in [1.29, 1.82) is 0 Å². The molecule has 1 aliphatic heterocycles. The van der Waals surface area contributed by atoms with Crippen LogP contribution in [0.1, 0.15) is 12.8 Å². The van der Waals surface area contributed by atoms with Crippen molar-refractivity contribution < 1.29 is 9.90 Å². The standard InChI is InChI=1S/C14H21N3O2/c1-16-8-6-12(7-9-16)17(2)14(19)15-11-4-3-5-13(18)10-11/h3-5,10,12,18H,6-9H2,1-2H3,(H,15,19). The topological polar surface area (TPSA) is 55.8 Å². The first-order valence-corrected chi connectivity index (χ1v) is 6.57. The van der Waals surface area contributed by atoms with Crippen molar-refractivity contribution in [1.82, 2.24) is 9.80 Å². The Balaban J connectivity index is 1.92. The van der Waals surface area contributed by atoms with Crippen molar-refractivity contribution in [2.45, 2.75) is 18.9 Å². The molecule has 0 atom stereocenters. The monoisotopic (exact) mass is 263 g/mol.